The number of aromatic nitrogens is 3. The largest absolute Gasteiger partial charge is 0.478 e. The van der Waals surface area contributed by atoms with Crippen LogP contribution < -0.4 is 10.1 Å². The number of pyridine rings is 1. The number of carboxylic acids is 1. The molecular weight excluding hydrogens is 432 g/mol. The van der Waals surface area contributed by atoms with E-state index in [1.165, 1.54) is 0 Å². The van der Waals surface area contributed by atoms with Gasteiger partial charge in [-0.1, -0.05) is 12.1 Å². The Kier molecular flexibility index (Phi) is 6.69. The van der Waals surface area contributed by atoms with E-state index in [1.807, 2.05) is 12.4 Å². The number of aliphatic hydroxyl groups excluding tert-OH is 1. The molecule has 34 heavy (non-hydrogen) atoms. The molecule has 1 aliphatic carbocycles. The summed E-state index contributed by atoms with van der Waals surface area (Å²) in [6, 6.07) is 6.82. The van der Waals surface area contributed by atoms with Crippen LogP contribution in [0.4, 0.5) is 0 Å². The number of piperidine rings is 1. The molecule has 8 heteroatoms. The Labute approximate surface area is 198 Å². The van der Waals surface area contributed by atoms with Crippen LogP contribution in [-0.4, -0.2) is 56.4 Å². The van der Waals surface area contributed by atoms with Crippen LogP contribution in [0.25, 0.3) is 10.9 Å². The smallest absolute Gasteiger partial charge is 0.335 e. The monoisotopic (exact) mass is 462 g/mol. The minimum absolute atomic E-state index is 0.125. The average Bonchev–Trinajstić information content (AvgIpc) is 2.86. The van der Waals surface area contributed by atoms with Crippen LogP contribution in [0.1, 0.15) is 71.8 Å². The fraction of sp³-hybridized carbons (Fsp3) is 0.462. The first kappa shape index (κ1) is 22.7. The quantitative estimate of drug-likeness (QED) is 0.510. The van der Waals surface area contributed by atoms with Gasteiger partial charge in [0.25, 0.3) is 0 Å². The molecule has 0 radical (unpaired) electrons. The molecule has 0 bridgehead atoms. The standard InChI is InChI=1S/C26H30N4O4/c31-19-7-5-17(6-8-19)21-14-29-25(34-20-9-11-27-12-10-20)22-15-28-23(30-24(21)22)13-16-1-3-18(4-2-16)26(32)33/h1-4,14-15,17,19-20,27,31H,5-13H2,(H,32,33). The predicted molar refractivity (Wildman–Crippen MR) is 127 cm³/mol. The van der Waals surface area contributed by atoms with Gasteiger partial charge in [0.15, 0.2) is 0 Å². The Morgan fingerprint density at radius 3 is 2.44 bits per heavy atom. The third-order valence-corrected chi connectivity index (χ3v) is 6.93. The second kappa shape index (κ2) is 10.0. The van der Waals surface area contributed by atoms with E-state index < -0.39 is 5.97 Å². The number of aromatic carboxylic acids is 1. The van der Waals surface area contributed by atoms with Crippen molar-refractivity contribution in [3.05, 3.63) is 59.2 Å². The number of ether oxygens (including phenoxy) is 1. The summed E-state index contributed by atoms with van der Waals surface area (Å²) >= 11 is 0. The summed E-state index contributed by atoms with van der Waals surface area (Å²) in [5, 5.41) is 23.3. The fourth-order valence-electron chi connectivity index (χ4n) is 4.94. The number of aliphatic hydroxyl groups is 1. The lowest BCUT2D eigenvalue weighted by Gasteiger charge is -2.27. The Morgan fingerprint density at radius 2 is 1.74 bits per heavy atom. The van der Waals surface area contributed by atoms with Crippen molar-refractivity contribution in [3.63, 3.8) is 0 Å². The van der Waals surface area contributed by atoms with Crippen LogP contribution in [0.15, 0.2) is 36.7 Å². The summed E-state index contributed by atoms with van der Waals surface area (Å²) in [4.78, 5) is 25.4. The van der Waals surface area contributed by atoms with E-state index >= 15 is 0 Å². The third kappa shape index (κ3) is 5.03. The van der Waals surface area contributed by atoms with Crippen molar-refractivity contribution in [1.82, 2.24) is 20.3 Å². The summed E-state index contributed by atoms with van der Waals surface area (Å²) < 4.78 is 6.29. The molecule has 5 rings (SSSR count). The van der Waals surface area contributed by atoms with Crippen LogP contribution in [0.2, 0.25) is 0 Å². The summed E-state index contributed by atoms with van der Waals surface area (Å²) in [7, 11) is 0. The van der Waals surface area contributed by atoms with Crippen LogP contribution in [-0.2, 0) is 6.42 Å². The molecule has 0 atom stereocenters. The molecule has 2 aliphatic rings. The Hall–Kier alpha value is -3.10. The van der Waals surface area contributed by atoms with Gasteiger partial charge in [0, 0.05) is 24.4 Å². The highest BCUT2D eigenvalue weighted by Gasteiger charge is 2.25. The molecule has 0 unspecified atom stereocenters. The summed E-state index contributed by atoms with van der Waals surface area (Å²) in [6.45, 7) is 1.87. The van der Waals surface area contributed by atoms with E-state index in [0.717, 1.165) is 73.6 Å². The third-order valence-electron chi connectivity index (χ3n) is 6.93. The molecular formula is C26H30N4O4. The van der Waals surface area contributed by atoms with Gasteiger partial charge in [-0.3, -0.25) is 0 Å². The molecule has 1 aromatic carbocycles. The minimum atomic E-state index is -0.940. The normalized spacial score (nSPS) is 21.4. The Morgan fingerprint density at radius 1 is 1.00 bits per heavy atom. The minimum Gasteiger partial charge on any atom is -0.478 e. The zero-order chi connectivity index (χ0) is 23.5. The first-order valence-corrected chi connectivity index (χ1v) is 12.1. The maximum absolute atomic E-state index is 11.1. The van der Waals surface area contributed by atoms with Crippen molar-refractivity contribution in [2.75, 3.05) is 13.1 Å². The topological polar surface area (TPSA) is 117 Å². The Bertz CT molecular complexity index is 1150. The van der Waals surface area contributed by atoms with Gasteiger partial charge < -0.3 is 20.3 Å². The zero-order valence-electron chi connectivity index (χ0n) is 19.1. The molecule has 1 saturated heterocycles. The first-order chi connectivity index (χ1) is 16.6. The average molecular weight is 463 g/mol. The molecule has 0 spiro atoms. The molecule has 1 aliphatic heterocycles. The van der Waals surface area contributed by atoms with Crippen molar-refractivity contribution in [2.45, 2.75) is 63.1 Å². The second-order valence-corrected chi connectivity index (χ2v) is 9.32. The number of nitrogens with zero attached hydrogens (tertiary/aromatic N) is 3. The molecule has 3 aromatic rings. The van der Waals surface area contributed by atoms with Crippen LogP contribution in [0.3, 0.4) is 0 Å². The van der Waals surface area contributed by atoms with E-state index in [1.54, 1.807) is 24.3 Å². The lowest BCUT2D eigenvalue weighted by Crippen LogP contribution is -2.34. The number of fused-ring (bicyclic) bond motifs is 1. The fourth-order valence-corrected chi connectivity index (χ4v) is 4.94. The molecule has 2 aromatic heterocycles. The number of hydrogen-bond donors (Lipinski definition) is 3. The molecule has 3 N–H and O–H groups in total. The van der Waals surface area contributed by atoms with Crippen LogP contribution >= 0.6 is 0 Å². The highest BCUT2D eigenvalue weighted by atomic mass is 16.5. The summed E-state index contributed by atoms with van der Waals surface area (Å²) in [6.07, 6.45) is 9.38. The molecule has 3 heterocycles. The van der Waals surface area contributed by atoms with E-state index in [2.05, 4.69) is 10.3 Å². The van der Waals surface area contributed by atoms with Gasteiger partial charge in [-0.2, -0.15) is 0 Å². The van der Waals surface area contributed by atoms with Crippen molar-refractivity contribution < 1.29 is 19.7 Å². The van der Waals surface area contributed by atoms with E-state index in [4.69, 9.17) is 19.8 Å². The lowest BCUT2D eigenvalue weighted by atomic mass is 9.82. The first-order valence-electron chi connectivity index (χ1n) is 12.1. The molecule has 0 amide bonds. The van der Waals surface area contributed by atoms with Gasteiger partial charge in [-0.25, -0.2) is 19.7 Å². The molecule has 178 valence electrons. The number of carbonyl (C=O) groups is 1. The SMILES string of the molecule is O=C(O)c1ccc(Cc2ncc3c(OC4CCNCC4)ncc(C4CCC(O)CC4)c3n2)cc1. The van der Waals surface area contributed by atoms with Crippen molar-refractivity contribution in [3.8, 4) is 5.88 Å². The zero-order valence-corrected chi connectivity index (χ0v) is 19.1. The lowest BCUT2D eigenvalue weighted by molar-refractivity contribution is 0.0697. The van der Waals surface area contributed by atoms with Gasteiger partial charge in [0.1, 0.15) is 11.9 Å². The number of nitrogens with one attached hydrogen (secondary N) is 1. The second-order valence-electron chi connectivity index (χ2n) is 9.32. The number of benzene rings is 1. The van der Waals surface area contributed by atoms with Gasteiger partial charge in [-0.05, 0) is 75.2 Å². The van der Waals surface area contributed by atoms with E-state index in [-0.39, 0.29) is 17.8 Å². The van der Waals surface area contributed by atoms with Crippen molar-refractivity contribution in [1.29, 1.82) is 0 Å². The Balaban J connectivity index is 1.48. The van der Waals surface area contributed by atoms with Crippen LogP contribution in [0.5, 0.6) is 5.88 Å². The summed E-state index contributed by atoms with van der Waals surface area (Å²) in [5.74, 6) is 0.610. The van der Waals surface area contributed by atoms with Gasteiger partial charge in [0.05, 0.1) is 22.6 Å². The highest BCUT2D eigenvalue weighted by molar-refractivity contribution is 5.87. The number of carboxylic acid groups (broad SMARTS) is 1. The van der Waals surface area contributed by atoms with Gasteiger partial charge in [-0.15, -0.1) is 0 Å². The summed E-state index contributed by atoms with van der Waals surface area (Å²) in [5.41, 5.74) is 3.17. The molecule has 8 nitrogen and oxygen atoms in total. The van der Waals surface area contributed by atoms with Crippen molar-refractivity contribution >= 4 is 16.9 Å². The van der Waals surface area contributed by atoms with Crippen molar-refractivity contribution in [2.24, 2.45) is 0 Å². The maximum atomic E-state index is 11.1. The van der Waals surface area contributed by atoms with Gasteiger partial charge >= 0.3 is 5.97 Å². The van der Waals surface area contributed by atoms with Gasteiger partial charge in [0.2, 0.25) is 5.88 Å². The molecule has 1 saturated carbocycles. The van der Waals surface area contributed by atoms with E-state index in [9.17, 15) is 9.90 Å². The predicted octanol–water partition coefficient (Wildman–Crippen LogP) is 3.46. The van der Waals surface area contributed by atoms with E-state index in [0.29, 0.717) is 24.0 Å². The number of hydrogen-bond acceptors (Lipinski definition) is 7. The number of rotatable bonds is 6. The van der Waals surface area contributed by atoms with Crippen LogP contribution in [0, 0.1) is 0 Å². The highest BCUT2D eigenvalue weighted by Crippen LogP contribution is 2.37. The maximum Gasteiger partial charge on any atom is 0.335 e. The molecule has 2 fully saturated rings.